The molecule has 0 N–H and O–H groups in total. The fraction of sp³-hybridized carbons (Fsp3) is 0.538. The quantitative estimate of drug-likeness (QED) is 0.258. The van der Waals surface area contributed by atoms with E-state index in [4.69, 9.17) is 18.9 Å². The number of ether oxygens (including phenoxy) is 4. The third kappa shape index (κ3) is 2.73. The van der Waals surface area contributed by atoms with Crippen LogP contribution in [0.2, 0.25) is 0 Å². The van der Waals surface area contributed by atoms with Gasteiger partial charge in [-0.2, -0.15) is 21.6 Å². The Balaban J connectivity index is 2.62. The first-order valence-corrected chi connectivity index (χ1v) is 9.01. The molecule has 2 rings (SSSR count). The maximum Gasteiger partial charge on any atom is 0.534 e. The largest absolute Gasteiger partial charge is 0.534 e. The van der Waals surface area contributed by atoms with Crippen molar-refractivity contribution in [3.63, 3.8) is 0 Å². The minimum Gasteiger partial charge on any atom is -0.375 e. The summed E-state index contributed by atoms with van der Waals surface area (Å²) in [4.78, 5) is 0. The van der Waals surface area contributed by atoms with Gasteiger partial charge in [0.1, 0.15) is 0 Å². The van der Waals surface area contributed by atoms with E-state index < -0.39 is 33.0 Å². The molecule has 0 aromatic heterocycles. The van der Waals surface area contributed by atoms with E-state index in [9.17, 15) is 21.6 Å². The molecule has 0 spiro atoms. The van der Waals surface area contributed by atoms with Crippen molar-refractivity contribution >= 4 is 32.7 Å². The number of fused-ring (bicyclic) bond motifs is 1. The second-order valence-corrected chi connectivity index (χ2v) is 7.56. The number of hydrogen-bond acceptors (Lipinski definition) is 7. The molecule has 0 saturated heterocycles. The van der Waals surface area contributed by atoms with E-state index in [1.165, 1.54) is 34.5 Å². The molecule has 12 heteroatoms. The monoisotopic (exact) mass is 498 g/mol. The summed E-state index contributed by atoms with van der Waals surface area (Å²) in [7, 11) is -0.579. The Labute approximate surface area is 155 Å². The van der Waals surface area contributed by atoms with Crippen LogP contribution >= 0.6 is 22.6 Å². The molecule has 1 aromatic carbocycles. The Bertz CT molecular complexity index is 771. The van der Waals surface area contributed by atoms with E-state index in [1.54, 1.807) is 22.6 Å². The Morgan fingerprint density at radius 3 is 1.68 bits per heavy atom. The zero-order valence-electron chi connectivity index (χ0n) is 13.4. The molecular weight excluding hydrogens is 484 g/mol. The summed E-state index contributed by atoms with van der Waals surface area (Å²) >= 11 is 1.64. The zero-order chi connectivity index (χ0) is 19.3. The van der Waals surface area contributed by atoms with E-state index in [1.807, 2.05) is 0 Å². The van der Waals surface area contributed by atoms with Crippen molar-refractivity contribution < 1.29 is 44.7 Å². The topological polar surface area (TPSA) is 80.3 Å². The summed E-state index contributed by atoms with van der Waals surface area (Å²) in [5, 5.41) is 0. The van der Waals surface area contributed by atoms with Crippen LogP contribution in [0, 0.1) is 3.57 Å². The van der Waals surface area contributed by atoms with Crippen LogP contribution in [0.25, 0.3) is 0 Å². The second-order valence-electron chi connectivity index (χ2n) is 4.86. The van der Waals surface area contributed by atoms with Crippen LogP contribution in [0.15, 0.2) is 12.1 Å². The van der Waals surface area contributed by atoms with Gasteiger partial charge in [0.15, 0.2) is 5.75 Å². The van der Waals surface area contributed by atoms with Crippen molar-refractivity contribution in [1.82, 2.24) is 0 Å². The van der Waals surface area contributed by atoms with Crippen LogP contribution in [0.5, 0.6) is 5.75 Å². The van der Waals surface area contributed by atoms with Crippen LogP contribution in [-0.2, 0) is 40.6 Å². The number of benzene rings is 1. The van der Waals surface area contributed by atoms with E-state index in [0.29, 0.717) is 5.56 Å². The van der Waals surface area contributed by atoms with Crippen LogP contribution in [0.3, 0.4) is 0 Å². The van der Waals surface area contributed by atoms with Gasteiger partial charge in [-0.15, -0.1) is 0 Å². The Morgan fingerprint density at radius 2 is 1.32 bits per heavy atom. The summed E-state index contributed by atoms with van der Waals surface area (Å²) in [5.41, 5.74) is -4.93. The second kappa shape index (κ2) is 6.49. The molecule has 0 atom stereocenters. The molecule has 0 aliphatic heterocycles. The average molecular weight is 498 g/mol. The minimum atomic E-state index is -5.82. The fourth-order valence-corrected chi connectivity index (χ4v) is 3.96. The predicted octanol–water partition coefficient (Wildman–Crippen LogP) is 2.42. The summed E-state index contributed by atoms with van der Waals surface area (Å²) in [6, 6.07) is 2.46. The van der Waals surface area contributed by atoms with Gasteiger partial charge in [0.25, 0.3) is 11.6 Å². The third-order valence-electron chi connectivity index (χ3n) is 3.85. The molecule has 0 fully saturated rings. The van der Waals surface area contributed by atoms with Gasteiger partial charge in [-0.3, -0.25) is 0 Å². The summed E-state index contributed by atoms with van der Waals surface area (Å²) < 4.78 is 86.0. The predicted molar refractivity (Wildman–Crippen MR) is 86.2 cm³/mol. The van der Waals surface area contributed by atoms with Gasteiger partial charge in [-0.1, -0.05) is 0 Å². The zero-order valence-corrected chi connectivity index (χ0v) is 16.4. The van der Waals surface area contributed by atoms with E-state index in [2.05, 4.69) is 4.18 Å². The first-order chi connectivity index (χ1) is 11.5. The van der Waals surface area contributed by atoms with Gasteiger partial charge >= 0.3 is 15.6 Å². The highest BCUT2D eigenvalue weighted by atomic mass is 127. The number of methoxy groups -OCH3 is 4. The average Bonchev–Trinajstić information content (AvgIpc) is 2.52. The lowest BCUT2D eigenvalue weighted by Crippen LogP contribution is -2.63. The molecule has 0 bridgehead atoms. The smallest absolute Gasteiger partial charge is 0.375 e. The van der Waals surface area contributed by atoms with Gasteiger partial charge in [-0.05, 0) is 34.7 Å². The third-order valence-corrected chi connectivity index (χ3v) is 5.66. The van der Waals surface area contributed by atoms with Crippen molar-refractivity contribution in [3.05, 3.63) is 26.8 Å². The highest BCUT2D eigenvalue weighted by Crippen LogP contribution is 2.59. The summed E-state index contributed by atoms with van der Waals surface area (Å²) in [5.74, 6) is -3.61. The number of rotatable bonds is 6. The van der Waals surface area contributed by atoms with Gasteiger partial charge in [0, 0.05) is 39.6 Å². The molecule has 25 heavy (non-hydrogen) atoms. The van der Waals surface area contributed by atoms with Crippen molar-refractivity contribution in [2.24, 2.45) is 0 Å². The maximum absolute atomic E-state index is 12.6. The van der Waals surface area contributed by atoms with Gasteiger partial charge < -0.3 is 23.1 Å². The SMILES string of the molecule is COC1(OC)c2cc(I)c(OS(=O)(=O)C(F)(F)F)cc2C1(OC)OC. The Kier molecular flexibility index (Phi) is 5.36. The molecule has 0 radical (unpaired) electrons. The van der Waals surface area contributed by atoms with E-state index in [0.717, 1.165) is 6.07 Å². The van der Waals surface area contributed by atoms with E-state index in [-0.39, 0.29) is 9.13 Å². The van der Waals surface area contributed by atoms with Crippen molar-refractivity contribution in [2.45, 2.75) is 17.1 Å². The van der Waals surface area contributed by atoms with Crippen molar-refractivity contribution in [2.75, 3.05) is 28.4 Å². The summed E-state index contributed by atoms with van der Waals surface area (Å²) in [6.07, 6.45) is 0. The van der Waals surface area contributed by atoms with Crippen LogP contribution in [-0.4, -0.2) is 42.4 Å². The lowest BCUT2D eigenvalue weighted by molar-refractivity contribution is -0.429. The highest BCUT2D eigenvalue weighted by Gasteiger charge is 2.68. The van der Waals surface area contributed by atoms with Crippen molar-refractivity contribution in [3.8, 4) is 5.75 Å². The lowest BCUT2D eigenvalue weighted by Gasteiger charge is -2.54. The maximum atomic E-state index is 12.6. The number of alkyl halides is 3. The molecule has 142 valence electrons. The molecule has 0 saturated carbocycles. The fourth-order valence-electron chi connectivity index (χ4n) is 2.76. The summed E-state index contributed by atoms with van der Waals surface area (Å²) in [6.45, 7) is 0. The molecule has 1 aliphatic carbocycles. The van der Waals surface area contributed by atoms with Gasteiger partial charge in [-0.25, -0.2) is 0 Å². The lowest BCUT2D eigenvalue weighted by atomic mass is 9.74. The molecule has 1 aliphatic rings. The molecule has 7 nitrogen and oxygen atoms in total. The minimum absolute atomic E-state index is 0.100. The van der Waals surface area contributed by atoms with E-state index >= 15 is 0 Å². The molecule has 1 aromatic rings. The molecular formula is C13H14F3IO7S. The Morgan fingerprint density at radius 1 is 0.920 bits per heavy atom. The standard InChI is InChI=1S/C13H14F3IO7S/c1-20-11(21-2)7-5-9(17)10(24-25(18,19)13(14,15)16)6-8(7)12(11,22-3)23-4/h5-6H,1-4H3. The van der Waals surface area contributed by atoms with Crippen LogP contribution < -0.4 is 4.18 Å². The highest BCUT2D eigenvalue weighted by molar-refractivity contribution is 14.1. The van der Waals surface area contributed by atoms with Gasteiger partial charge in [0.2, 0.25) is 0 Å². The molecule has 0 amide bonds. The first-order valence-electron chi connectivity index (χ1n) is 6.52. The Hall–Kier alpha value is -0.670. The number of hydrogen-bond donors (Lipinski definition) is 0. The normalized spacial score (nSPS) is 18.4. The first kappa shape index (κ1) is 20.6. The van der Waals surface area contributed by atoms with Crippen LogP contribution in [0.4, 0.5) is 13.2 Å². The van der Waals surface area contributed by atoms with Crippen molar-refractivity contribution in [1.29, 1.82) is 0 Å². The molecule has 0 unspecified atom stereocenters. The molecule has 0 heterocycles. The number of halogens is 4. The van der Waals surface area contributed by atoms with Gasteiger partial charge in [0.05, 0.1) is 3.57 Å². The van der Waals surface area contributed by atoms with Crippen LogP contribution in [0.1, 0.15) is 11.1 Å².